The van der Waals surface area contributed by atoms with Crippen LogP contribution in [-0.2, 0) is 14.3 Å². The van der Waals surface area contributed by atoms with Gasteiger partial charge >= 0.3 is 6.09 Å². The van der Waals surface area contributed by atoms with Gasteiger partial charge < -0.3 is 10.1 Å². The summed E-state index contributed by atoms with van der Waals surface area (Å²) in [6.45, 7) is 5.53. The van der Waals surface area contributed by atoms with Crippen LogP contribution < -0.4 is 5.32 Å². The van der Waals surface area contributed by atoms with Gasteiger partial charge in [-0.15, -0.1) is 0 Å². The summed E-state index contributed by atoms with van der Waals surface area (Å²) >= 11 is 0. The van der Waals surface area contributed by atoms with E-state index in [1.54, 1.807) is 20.8 Å². The van der Waals surface area contributed by atoms with Crippen molar-refractivity contribution in [1.29, 1.82) is 0 Å². The molecule has 0 aliphatic carbocycles. The normalized spacial score (nSPS) is 28.1. The van der Waals surface area contributed by atoms with Crippen molar-refractivity contribution in [2.24, 2.45) is 0 Å². The number of β-lactam (4-membered cyclic amide) rings is 1. The molecule has 2 fully saturated rings. The molecule has 2 amide bonds. The monoisotopic (exact) mass is 240 g/mol. The summed E-state index contributed by atoms with van der Waals surface area (Å²) in [6, 6.07) is 0. The van der Waals surface area contributed by atoms with E-state index in [9.17, 15) is 14.4 Å². The first-order valence-electron chi connectivity index (χ1n) is 5.55. The highest BCUT2D eigenvalue weighted by atomic mass is 16.6. The molecule has 2 saturated heterocycles. The van der Waals surface area contributed by atoms with Crippen LogP contribution in [0.3, 0.4) is 0 Å². The fourth-order valence-corrected chi connectivity index (χ4v) is 2.09. The highest BCUT2D eigenvalue weighted by molar-refractivity contribution is 6.04. The Labute approximate surface area is 99.3 Å². The minimum atomic E-state index is -0.987. The van der Waals surface area contributed by atoms with Gasteiger partial charge in [-0.2, -0.15) is 0 Å². The topological polar surface area (TPSA) is 75.7 Å². The Morgan fingerprint density at radius 1 is 1.41 bits per heavy atom. The first-order chi connectivity index (χ1) is 7.74. The van der Waals surface area contributed by atoms with E-state index in [1.807, 2.05) is 0 Å². The number of ether oxygens (including phenoxy) is 1. The molecular weight excluding hydrogens is 224 g/mol. The second kappa shape index (κ2) is 3.45. The molecule has 6 heteroatoms. The fourth-order valence-electron chi connectivity index (χ4n) is 2.09. The van der Waals surface area contributed by atoms with E-state index < -0.39 is 17.2 Å². The molecule has 2 rings (SSSR count). The van der Waals surface area contributed by atoms with Crippen molar-refractivity contribution in [3.05, 3.63) is 0 Å². The lowest BCUT2D eigenvalue weighted by Gasteiger charge is -2.43. The van der Waals surface area contributed by atoms with Crippen LogP contribution >= 0.6 is 0 Å². The van der Waals surface area contributed by atoms with E-state index in [-0.39, 0.29) is 24.7 Å². The van der Waals surface area contributed by atoms with Crippen LogP contribution in [0.25, 0.3) is 0 Å². The molecule has 1 atom stereocenters. The first-order valence-corrected chi connectivity index (χ1v) is 5.55. The van der Waals surface area contributed by atoms with E-state index in [1.165, 1.54) is 4.90 Å². The average Bonchev–Trinajstić information content (AvgIpc) is 2.53. The minimum Gasteiger partial charge on any atom is -0.444 e. The average molecular weight is 240 g/mol. The van der Waals surface area contributed by atoms with Gasteiger partial charge in [0.25, 0.3) is 0 Å². The van der Waals surface area contributed by atoms with E-state index >= 15 is 0 Å². The molecule has 94 valence electrons. The fraction of sp³-hybridized carbons (Fsp3) is 0.727. The number of likely N-dealkylation sites (tertiary alicyclic amines) is 1. The number of carbonyl (C=O) groups excluding carboxylic acids is 3. The van der Waals surface area contributed by atoms with Crippen molar-refractivity contribution in [3.63, 3.8) is 0 Å². The maximum absolute atomic E-state index is 11.9. The summed E-state index contributed by atoms with van der Waals surface area (Å²) in [4.78, 5) is 36.2. The Hall–Kier alpha value is -1.59. The number of carbonyl (C=O) groups is 3. The lowest BCUT2D eigenvalue weighted by Crippen LogP contribution is -2.71. The van der Waals surface area contributed by atoms with Crippen LogP contribution in [0.15, 0.2) is 0 Å². The Bertz CT molecular complexity index is 399. The number of hydrogen-bond donors (Lipinski definition) is 1. The maximum Gasteiger partial charge on any atom is 0.411 e. The zero-order valence-electron chi connectivity index (χ0n) is 10.2. The smallest absolute Gasteiger partial charge is 0.411 e. The number of hydrogen-bond acceptors (Lipinski definition) is 4. The van der Waals surface area contributed by atoms with Crippen LogP contribution in [0.5, 0.6) is 0 Å². The standard InChI is InChI=1S/C11H16N2O4/c1-10(2,3)17-9(16)13-5-7(14)4-11(13)6-12-8(11)15/h4-6H2,1-3H3,(H,12,15). The lowest BCUT2D eigenvalue weighted by atomic mass is 9.88. The van der Waals surface area contributed by atoms with Gasteiger partial charge in [0.1, 0.15) is 11.1 Å². The summed E-state index contributed by atoms with van der Waals surface area (Å²) in [7, 11) is 0. The molecule has 1 N–H and O–H groups in total. The second-order valence-corrected chi connectivity index (χ2v) is 5.50. The summed E-state index contributed by atoms with van der Waals surface area (Å²) in [5.41, 5.74) is -1.62. The van der Waals surface area contributed by atoms with Gasteiger partial charge in [-0.3, -0.25) is 14.5 Å². The van der Waals surface area contributed by atoms with Crippen molar-refractivity contribution in [2.75, 3.05) is 13.1 Å². The van der Waals surface area contributed by atoms with Crippen LogP contribution in [-0.4, -0.2) is 46.9 Å². The number of nitrogens with one attached hydrogen (secondary N) is 1. The van der Waals surface area contributed by atoms with E-state index in [0.29, 0.717) is 6.54 Å². The van der Waals surface area contributed by atoms with Crippen LogP contribution in [0.1, 0.15) is 27.2 Å². The third-order valence-electron chi connectivity index (χ3n) is 2.92. The minimum absolute atomic E-state index is 0.0394. The highest BCUT2D eigenvalue weighted by Crippen LogP contribution is 2.33. The maximum atomic E-state index is 11.9. The SMILES string of the molecule is CC(C)(C)OC(=O)N1CC(=O)CC12CNC2=O. The van der Waals surface area contributed by atoms with Crippen LogP contribution in [0.2, 0.25) is 0 Å². The molecule has 0 aromatic rings. The summed E-state index contributed by atoms with van der Waals surface area (Å²) < 4.78 is 5.20. The summed E-state index contributed by atoms with van der Waals surface area (Å²) in [5, 5.41) is 2.57. The zero-order chi connectivity index (χ0) is 12.8. The van der Waals surface area contributed by atoms with Crippen LogP contribution in [0.4, 0.5) is 4.79 Å². The van der Waals surface area contributed by atoms with E-state index in [0.717, 1.165) is 0 Å². The Morgan fingerprint density at radius 3 is 2.47 bits per heavy atom. The van der Waals surface area contributed by atoms with Crippen molar-refractivity contribution in [1.82, 2.24) is 10.2 Å². The van der Waals surface area contributed by atoms with Gasteiger partial charge in [0.05, 0.1) is 13.1 Å². The van der Waals surface area contributed by atoms with Gasteiger partial charge in [-0.1, -0.05) is 0 Å². The molecular formula is C11H16N2O4. The molecule has 0 bridgehead atoms. The summed E-state index contributed by atoms with van der Waals surface area (Å²) in [5.74, 6) is -0.375. The molecule has 0 saturated carbocycles. The molecule has 2 heterocycles. The number of Topliss-reactive ketones (excluding diaryl/α,β-unsaturated/α-hetero) is 1. The Balaban J connectivity index is 2.17. The Morgan fingerprint density at radius 2 is 2.06 bits per heavy atom. The van der Waals surface area contributed by atoms with Gasteiger partial charge in [-0.25, -0.2) is 4.79 Å². The molecule has 1 unspecified atom stereocenters. The molecule has 2 aliphatic rings. The molecule has 1 spiro atoms. The third kappa shape index (κ3) is 1.87. The van der Waals surface area contributed by atoms with Crippen molar-refractivity contribution >= 4 is 17.8 Å². The molecule has 17 heavy (non-hydrogen) atoms. The van der Waals surface area contributed by atoms with Crippen molar-refractivity contribution < 1.29 is 19.1 Å². The first kappa shape index (κ1) is 11.9. The zero-order valence-corrected chi connectivity index (χ0v) is 10.2. The van der Waals surface area contributed by atoms with Gasteiger partial charge in [0.15, 0.2) is 5.78 Å². The molecule has 0 aromatic carbocycles. The van der Waals surface area contributed by atoms with E-state index in [2.05, 4.69) is 5.32 Å². The third-order valence-corrected chi connectivity index (χ3v) is 2.92. The molecule has 0 aromatic heterocycles. The number of amides is 2. The number of ketones is 1. The van der Waals surface area contributed by atoms with E-state index in [4.69, 9.17) is 4.74 Å². The second-order valence-electron chi connectivity index (χ2n) is 5.50. The number of nitrogens with zero attached hydrogens (tertiary/aromatic N) is 1. The quantitative estimate of drug-likeness (QED) is 0.608. The van der Waals surface area contributed by atoms with Gasteiger partial charge in [-0.05, 0) is 20.8 Å². The van der Waals surface area contributed by atoms with Gasteiger partial charge in [0, 0.05) is 6.42 Å². The number of rotatable bonds is 0. The van der Waals surface area contributed by atoms with Crippen LogP contribution in [0, 0.1) is 0 Å². The molecule has 0 radical (unpaired) electrons. The van der Waals surface area contributed by atoms with Gasteiger partial charge in [0.2, 0.25) is 5.91 Å². The predicted molar refractivity (Wildman–Crippen MR) is 58.3 cm³/mol. The van der Waals surface area contributed by atoms with Crippen molar-refractivity contribution in [2.45, 2.75) is 38.3 Å². The largest absolute Gasteiger partial charge is 0.444 e. The summed E-state index contributed by atoms with van der Waals surface area (Å²) in [6.07, 6.45) is -0.504. The molecule has 2 aliphatic heterocycles. The van der Waals surface area contributed by atoms with Crippen molar-refractivity contribution in [3.8, 4) is 0 Å². The highest BCUT2D eigenvalue weighted by Gasteiger charge is 2.59. The molecule has 6 nitrogen and oxygen atoms in total. The lowest BCUT2D eigenvalue weighted by molar-refractivity contribution is -0.141. The predicted octanol–water partition coefficient (Wildman–Crippen LogP) is 0.0649. The Kier molecular flexibility index (Phi) is 2.41.